The molecule has 0 bridgehead atoms. The van der Waals surface area contributed by atoms with Crippen LogP contribution in [0.4, 0.5) is 5.82 Å². The Morgan fingerprint density at radius 1 is 1.32 bits per heavy atom. The molecule has 2 heterocycles. The van der Waals surface area contributed by atoms with Crippen molar-refractivity contribution in [3.63, 3.8) is 0 Å². The monoisotopic (exact) mass is 322 g/mol. The number of pyridine rings is 1. The van der Waals surface area contributed by atoms with E-state index in [1.165, 1.54) is 6.33 Å². The van der Waals surface area contributed by atoms with Crippen LogP contribution >= 0.6 is 15.9 Å². The van der Waals surface area contributed by atoms with Crippen molar-refractivity contribution in [2.75, 3.05) is 11.9 Å². The molecule has 2 aromatic rings. The van der Waals surface area contributed by atoms with Gasteiger partial charge in [0.15, 0.2) is 5.75 Å². The fourth-order valence-electron chi connectivity index (χ4n) is 1.47. The first-order valence-corrected chi connectivity index (χ1v) is 6.85. The third kappa shape index (κ3) is 3.41. The molecule has 0 aliphatic rings. The van der Waals surface area contributed by atoms with Crippen LogP contribution in [0.2, 0.25) is 0 Å². The van der Waals surface area contributed by atoms with Crippen LogP contribution in [0.25, 0.3) is 0 Å². The lowest BCUT2D eigenvalue weighted by Gasteiger charge is -2.11. The Labute approximate surface area is 120 Å². The minimum Gasteiger partial charge on any atom is -0.436 e. The quantitative estimate of drug-likeness (QED) is 0.912. The fraction of sp³-hybridized carbons (Fsp3) is 0.308. The summed E-state index contributed by atoms with van der Waals surface area (Å²) in [5, 5.41) is 3.21. The lowest BCUT2D eigenvalue weighted by Crippen LogP contribution is -2.04. The van der Waals surface area contributed by atoms with Gasteiger partial charge in [0.05, 0.1) is 5.69 Å². The molecule has 6 heteroatoms. The topological polar surface area (TPSA) is 59.9 Å². The standard InChI is InChI=1S/C13H15BrN4O/c1-3-6-16-12-11(14)13(18-8-17-12)19-10-5-4-7-15-9(10)2/h4-5,7-8H,3,6H2,1-2H3,(H,16,17,18). The Balaban J connectivity index is 2.23. The minimum atomic E-state index is 0.477. The Hall–Kier alpha value is -1.69. The molecule has 19 heavy (non-hydrogen) atoms. The van der Waals surface area contributed by atoms with Gasteiger partial charge in [0.25, 0.3) is 0 Å². The third-order valence-corrected chi connectivity index (χ3v) is 3.18. The van der Waals surface area contributed by atoms with Crippen molar-refractivity contribution in [2.45, 2.75) is 20.3 Å². The van der Waals surface area contributed by atoms with Gasteiger partial charge in [0, 0.05) is 12.7 Å². The van der Waals surface area contributed by atoms with Crippen LogP contribution in [-0.2, 0) is 0 Å². The molecule has 0 spiro atoms. The summed E-state index contributed by atoms with van der Waals surface area (Å²) in [7, 11) is 0. The molecule has 0 aliphatic carbocycles. The molecule has 0 atom stereocenters. The van der Waals surface area contributed by atoms with E-state index in [-0.39, 0.29) is 0 Å². The number of aryl methyl sites for hydroxylation is 1. The SMILES string of the molecule is CCCNc1ncnc(Oc2cccnc2C)c1Br. The van der Waals surface area contributed by atoms with Crippen LogP contribution in [0.3, 0.4) is 0 Å². The van der Waals surface area contributed by atoms with Gasteiger partial charge in [-0.05, 0) is 41.4 Å². The predicted octanol–water partition coefficient (Wildman–Crippen LogP) is 3.56. The van der Waals surface area contributed by atoms with E-state index >= 15 is 0 Å². The molecule has 0 radical (unpaired) electrons. The highest BCUT2D eigenvalue weighted by atomic mass is 79.9. The molecule has 2 rings (SSSR count). The van der Waals surface area contributed by atoms with Gasteiger partial charge in [-0.2, -0.15) is 0 Å². The summed E-state index contributed by atoms with van der Waals surface area (Å²) in [6, 6.07) is 3.68. The molecule has 0 saturated carbocycles. The van der Waals surface area contributed by atoms with Crippen molar-refractivity contribution in [2.24, 2.45) is 0 Å². The van der Waals surface area contributed by atoms with E-state index in [0.717, 1.165) is 24.5 Å². The molecule has 0 fully saturated rings. The number of rotatable bonds is 5. The molecule has 0 unspecified atom stereocenters. The summed E-state index contributed by atoms with van der Waals surface area (Å²) in [6.07, 6.45) is 4.23. The summed E-state index contributed by atoms with van der Waals surface area (Å²) < 4.78 is 6.47. The summed E-state index contributed by atoms with van der Waals surface area (Å²) in [5.41, 5.74) is 0.816. The second-order valence-corrected chi connectivity index (χ2v) is 4.75. The van der Waals surface area contributed by atoms with Crippen LogP contribution in [0.15, 0.2) is 29.1 Å². The maximum absolute atomic E-state index is 5.76. The highest BCUT2D eigenvalue weighted by Gasteiger charge is 2.11. The number of hydrogen-bond acceptors (Lipinski definition) is 5. The van der Waals surface area contributed by atoms with Gasteiger partial charge in [-0.3, -0.25) is 4.98 Å². The van der Waals surface area contributed by atoms with Crippen molar-refractivity contribution < 1.29 is 4.74 Å². The van der Waals surface area contributed by atoms with Gasteiger partial charge in [0.1, 0.15) is 16.6 Å². The maximum Gasteiger partial charge on any atom is 0.238 e. The normalized spacial score (nSPS) is 10.3. The van der Waals surface area contributed by atoms with E-state index in [1.54, 1.807) is 6.20 Å². The molecule has 0 aromatic carbocycles. The number of ether oxygens (including phenoxy) is 1. The summed E-state index contributed by atoms with van der Waals surface area (Å²) in [6.45, 7) is 4.83. The van der Waals surface area contributed by atoms with Crippen molar-refractivity contribution in [1.29, 1.82) is 0 Å². The first-order valence-electron chi connectivity index (χ1n) is 6.06. The average Bonchev–Trinajstić information content (AvgIpc) is 2.42. The van der Waals surface area contributed by atoms with Crippen LogP contribution in [0.5, 0.6) is 11.6 Å². The van der Waals surface area contributed by atoms with Crippen molar-refractivity contribution >= 4 is 21.7 Å². The highest BCUT2D eigenvalue weighted by molar-refractivity contribution is 9.10. The van der Waals surface area contributed by atoms with Gasteiger partial charge in [-0.25, -0.2) is 9.97 Å². The lowest BCUT2D eigenvalue weighted by molar-refractivity contribution is 0.452. The molecule has 0 amide bonds. The molecule has 0 aliphatic heterocycles. The second kappa shape index (κ2) is 6.47. The third-order valence-electron chi connectivity index (χ3n) is 2.47. The largest absolute Gasteiger partial charge is 0.436 e. The van der Waals surface area contributed by atoms with Crippen LogP contribution in [0.1, 0.15) is 19.0 Å². The Morgan fingerprint density at radius 2 is 2.16 bits per heavy atom. The number of nitrogens with zero attached hydrogens (tertiary/aromatic N) is 3. The Morgan fingerprint density at radius 3 is 2.89 bits per heavy atom. The van der Waals surface area contributed by atoms with Crippen LogP contribution in [-0.4, -0.2) is 21.5 Å². The molecule has 100 valence electrons. The van der Waals surface area contributed by atoms with Crippen LogP contribution in [0, 0.1) is 6.92 Å². The number of aromatic nitrogens is 3. The average molecular weight is 323 g/mol. The first kappa shape index (κ1) is 13.7. The molecule has 2 aromatic heterocycles. The minimum absolute atomic E-state index is 0.477. The number of nitrogens with one attached hydrogen (secondary N) is 1. The zero-order chi connectivity index (χ0) is 13.7. The molecular weight excluding hydrogens is 308 g/mol. The van der Waals surface area contributed by atoms with Gasteiger partial charge < -0.3 is 10.1 Å². The second-order valence-electron chi connectivity index (χ2n) is 3.96. The number of hydrogen-bond donors (Lipinski definition) is 1. The number of halogens is 1. The van der Waals surface area contributed by atoms with Crippen molar-refractivity contribution in [1.82, 2.24) is 15.0 Å². The van der Waals surface area contributed by atoms with E-state index in [0.29, 0.717) is 16.1 Å². The van der Waals surface area contributed by atoms with E-state index in [2.05, 4.69) is 43.1 Å². The summed E-state index contributed by atoms with van der Waals surface area (Å²) in [4.78, 5) is 12.5. The first-order chi connectivity index (χ1) is 9.22. The zero-order valence-corrected chi connectivity index (χ0v) is 12.4. The Bertz CT molecular complexity index is 562. The van der Waals surface area contributed by atoms with Crippen molar-refractivity contribution in [3.8, 4) is 11.6 Å². The van der Waals surface area contributed by atoms with E-state index < -0.39 is 0 Å². The lowest BCUT2D eigenvalue weighted by atomic mass is 10.3. The maximum atomic E-state index is 5.76. The molecule has 5 nitrogen and oxygen atoms in total. The van der Waals surface area contributed by atoms with Gasteiger partial charge in [-0.15, -0.1) is 0 Å². The smallest absolute Gasteiger partial charge is 0.238 e. The summed E-state index contributed by atoms with van der Waals surface area (Å²) >= 11 is 3.46. The zero-order valence-electron chi connectivity index (χ0n) is 10.9. The van der Waals surface area contributed by atoms with Crippen molar-refractivity contribution in [3.05, 3.63) is 34.8 Å². The fourth-order valence-corrected chi connectivity index (χ4v) is 1.90. The predicted molar refractivity (Wildman–Crippen MR) is 77.6 cm³/mol. The number of anilines is 1. The van der Waals surface area contributed by atoms with E-state index in [9.17, 15) is 0 Å². The Kier molecular flexibility index (Phi) is 4.68. The van der Waals surface area contributed by atoms with Crippen LogP contribution < -0.4 is 10.1 Å². The molecular formula is C13H15BrN4O. The summed E-state index contributed by atoms with van der Waals surface area (Å²) in [5.74, 6) is 1.89. The van der Waals surface area contributed by atoms with E-state index in [1.807, 2.05) is 19.1 Å². The van der Waals surface area contributed by atoms with Gasteiger partial charge >= 0.3 is 0 Å². The molecule has 1 N–H and O–H groups in total. The highest BCUT2D eigenvalue weighted by Crippen LogP contribution is 2.32. The van der Waals surface area contributed by atoms with E-state index in [4.69, 9.17) is 4.74 Å². The molecule has 0 saturated heterocycles. The van der Waals surface area contributed by atoms with Gasteiger partial charge in [-0.1, -0.05) is 6.92 Å². The van der Waals surface area contributed by atoms with Gasteiger partial charge in [0.2, 0.25) is 5.88 Å².